The van der Waals surface area contributed by atoms with Crippen LogP contribution >= 0.6 is 11.6 Å². The normalized spacial score (nSPS) is 11.1. The van der Waals surface area contributed by atoms with Gasteiger partial charge in [-0.05, 0) is 37.1 Å². The zero-order chi connectivity index (χ0) is 19.7. The van der Waals surface area contributed by atoms with E-state index < -0.39 is 0 Å². The van der Waals surface area contributed by atoms with Crippen molar-refractivity contribution in [2.45, 2.75) is 26.8 Å². The fraction of sp³-hybridized carbons (Fsp3) is 0.190. The van der Waals surface area contributed by atoms with E-state index in [0.29, 0.717) is 40.8 Å². The Hall–Kier alpha value is -3.12. The van der Waals surface area contributed by atoms with Crippen molar-refractivity contribution in [1.29, 1.82) is 0 Å². The van der Waals surface area contributed by atoms with Crippen molar-refractivity contribution in [2.24, 2.45) is 0 Å². The third kappa shape index (κ3) is 3.64. The largest absolute Gasteiger partial charge is 0.378 e. The molecule has 0 unspecified atom stereocenters. The fourth-order valence-electron chi connectivity index (χ4n) is 3.07. The molecule has 0 aliphatic carbocycles. The SMILES string of the molecule is Cc1ccc(NCc2nc3nc(C)c(Cc4ccccc4)c(=O)n3[nH]2)cc1Cl. The first-order valence-corrected chi connectivity index (χ1v) is 9.40. The average molecular weight is 394 g/mol. The number of nitrogens with one attached hydrogen (secondary N) is 2. The molecule has 0 saturated heterocycles. The molecule has 0 aliphatic heterocycles. The van der Waals surface area contributed by atoms with Gasteiger partial charge in [-0.2, -0.15) is 9.50 Å². The molecule has 142 valence electrons. The number of benzene rings is 2. The van der Waals surface area contributed by atoms with E-state index >= 15 is 0 Å². The second-order valence-electron chi connectivity index (χ2n) is 6.77. The number of nitrogens with zero attached hydrogens (tertiary/aromatic N) is 3. The van der Waals surface area contributed by atoms with E-state index in [1.807, 2.05) is 62.4 Å². The summed E-state index contributed by atoms with van der Waals surface area (Å²) in [5.74, 6) is 0.996. The molecule has 2 N–H and O–H groups in total. The molecule has 0 saturated carbocycles. The molecule has 0 spiro atoms. The summed E-state index contributed by atoms with van der Waals surface area (Å²) in [6, 6.07) is 15.7. The Morgan fingerprint density at radius 1 is 1.11 bits per heavy atom. The summed E-state index contributed by atoms with van der Waals surface area (Å²) in [6.45, 7) is 4.23. The van der Waals surface area contributed by atoms with Crippen LogP contribution < -0.4 is 10.9 Å². The number of anilines is 1. The highest BCUT2D eigenvalue weighted by atomic mass is 35.5. The molecular weight excluding hydrogens is 374 g/mol. The van der Waals surface area contributed by atoms with Crippen LogP contribution in [0.1, 0.15) is 28.2 Å². The summed E-state index contributed by atoms with van der Waals surface area (Å²) in [5.41, 5.74) is 4.22. The van der Waals surface area contributed by atoms with Gasteiger partial charge in [0.15, 0.2) is 0 Å². The van der Waals surface area contributed by atoms with Gasteiger partial charge in [-0.25, -0.2) is 4.98 Å². The van der Waals surface area contributed by atoms with Crippen LogP contribution in [0.4, 0.5) is 5.69 Å². The van der Waals surface area contributed by atoms with Crippen LogP contribution in [0.25, 0.3) is 5.78 Å². The Morgan fingerprint density at radius 2 is 1.89 bits per heavy atom. The second kappa shape index (κ2) is 7.48. The summed E-state index contributed by atoms with van der Waals surface area (Å²) in [6.07, 6.45) is 0.538. The average Bonchev–Trinajstić information content (AvgIpc) is 3.10. The van der Waals surface area contributed by atoms with Gasteiger partial charge in [0.05, 0.1) is 12.2 Å². The first-order valence-electron chi connectivity index (χ1n) is 9.02. The number of aromatic amines is 1. The van der Waals surface area contributed by atoms with Crippen LogP contribution in [-0.2, 0) is 13.0 Å². The molecule has 0 radical (unpaired) electrons. The fourth-order valence-corrected chi connectivity index (χ4v) is 3.25. The number of aromatic nitrogens is 4. The van der Waals surface area contributed by atoms with Crippen LogP contribution in [0.3, 0.4) is 0 Å². The number of hydrogen-bond donors (Lipinski definition) is 2. The van der Waals surface area contributed by atoms with Gasteiger partial charge in [-0.1, -0.05) is 48.0 Å². The highest BCUT2D eigenvalue weighted by Gasteiger charge is 2.13. The van der Waals surface area contributed by atoms with Crippen LogP contribution in [0.2, 0.25) is 5.02 Å². The molecule has 0 bridgehead atoms. The van der Waals surface area contributed by atoms with Gasteiger partial charge in [0.1, 0.15) is 5.82 Å². The summed E-state index contributed by atoms with van der Waals surface area (Å²) in [4.78, 5) is 21.9. The van der Waals surface area contributed by atoms with E-state index in [9.17, 15) is 4.79 Å². The zero-order valence-corrected chi connectivity index (χ0v) is 16.4. The Kier molecular flexibility index (Phi) is 4.88. The molecule has 4 aromatic rings. The van der Waals surface area contributed by atoms with E-state index in [-0.39, 0.29) is 5.56 Å². The van der Waals surface area contributed by atoms with Crippen molar-refractivity contribution in [3.05, 3.63) is 92.1 Å². The van der Waals surface area contributed by atoms with Gasteiger partial charge < -0.3 is 5.32 Å². The minimum atomic E-state index is -0.122. The standard InChI is InChI=1S/C21H20ClN5O/c1-13-8-9-16(11-18(13)22)23-12-19-25-21-24-14(2)17(20(28)27(21)26-19)10-15-6-4-3-5-7-15/h3-9,11,23H,10,12H2,1-2H3,(H,24,25,26). The quantitative estimate of drug-likeness (QED) is 0.539. The van der Waals surface area contributed by atoms with E-state index in [0.717, 1.165) is 16.8 Å². The predicted molar refractivity (Wildman–Crippen MR) is 111 cm³/mol. The van der Waals surface area contributed by atoms with Gasteiger partial charge in [-0.3, -0.25) is 9.89 Å². The van der Waals surface area contributed by atoms with E-state index in [4.69, 9.17) is 11.6 Å². The van der Waals surface area contributed by atoms with Gasteiger partial charge >= 0.3 is 0 Å². The van der Waals surface area contributed by atoms with E-state index in [2.05, 4.69) is 20.4 Å². The lowest BCUT2D eigenvalue weighted by Gasteiger charge is -2.06. The Balaban J connectivity index is 1.61. The van der Waals surface area contributed by atoms with Crippen LogP contribution in [0.5, 0.6) is 0 Å². The van der Waals surface area contributed by atoms with Gasteiger partial charge in [0, 0.05) is 22.7 Å². The third-order valence-electron chi connectivity index (χ3n) is 4.70. The first-order chi connectivity index (χ1) is 13.5. The lowest BCUT2D eigenvalue weighted by atomic mass is 10.1. The second-order valence-corrected chi connectivity index (χ2v) is 7.17. The minimum Gasteiger partial charge on any atom is -0.378 e. The molecule has 0 atom stereocenters. The van der Waals surface area contributed by atoms with E-state index in [1.165, 1.54) is 4.52 Å². The summed E-state index contributed by atoms with van der Waals surface area (Å²) in [7, 11) is 0. The number of hydrogen-bond acceptors (Lipinski definition) is 4. The minimum absolute atomic E-state index is 0.122. The van der Waals surface area contributed by atoms with Crippen LogP contribution in [-0.4, -0.2) is 19.6 Å². The highest BCUT2D eigenvalue weighted by molar-refractivity contribution is 6.31. The van der Waals surface area contributed by atoms with Crippen molar-refractivity contribution in [3.63, 3.8) is 0 Å². The van der Waals surface area contributed by atoms with Crippen molar-refractivity contribution in [2.75, 3.05) is 5.32 Å². The molecule has 2 aromatic heterocycles. The molecule has 0 fully saturated rings. The van der Waals surface area contributed by atoms with E-state index in [1.54, 1.807) is 0 Å². The molecule has 28 heavy (non-hydrogen) atoms. The Morgan fingerprint density at radius 3 is 2.64 bits per heavy atom. The highest BCUT2D eigenvalue weighted by Crippen LogP contribution is 2.20. The van der Waals surface area contributed by atoms with Crippen LogP contribution in [0.15, 0.2) is 53.3 Å². The zero-order valence-electron chi connectivity index (χ0n) is 15.7. The van der Waals surface area contributed by atoms with Crippen LogP contribution in [0, 0.1) is 13.8 Å². The number of halogens is 1. The van der Waals surface area contributed by atoms with Crippen molar-refractivity contribution in [1.82, 2.24) is 19.6 Å². The number of fused-ring (bicyclic) bond motifs is 1. The van der Waals surface area contributed by atoms with Gasteiger partial charge in [-0.15, -0.1) is 0 Å². The maximum atomic E-state index is 12.9. The third-order valence-corrected chi connectivity index (χ3v) is 5.10. The van der Waals surface area contributed by atoms with Crippen molar-refractivity contribution < 1.29 is 0 Å². The summed E-state index contributed by atoms with van der Waals surface area (Å²) in [5, 5.41) is 7.01. The number of aryl methyl sites for hydroxylation is 2. The number of rotatable bonds is 5. The molecule has 0 amide bonds. The molecular formula is C21H20ClN5O. The molecule has 7 heteroatoms. The molecule has 4 rings (SSSR count). The summed E-state index contributed by atoms with van der Waals surface area (Å²) >= 11 is 6.16. The predicted octanol–water partition coefficient (Wildman–Crippen LogP) is 3.89. The smallest absolute Gasteiger partial charge is 0.277 e. The van der Waals surface area contributed by atoms with Crippen molar-refractivity contribution in [3.8, 4) is 0 Å². The molecule has 6 nitrogen and oxygen atoms in total. The lowest BCUT2D eigenvalue weighted by Crippen LogP contribution is -2.22. The molecule has 0 aliphatic rings. The first kappa shape index (κ1) is 18.3. The summed E-state index contributed by atoms with van der Waals surface area (Å²) < 4.78 is 1.41. The van der Waals surface area contributed by atoms with Gasteiger partial charge in [0.2, 0.25) is 0 Å². The maximum Gasteiger partial charge on any atom is 0.277 e. The lowest BCUT2D eigenvalue weighted by molar-refractivity contribution is 0.832. The Labute approximate surface area is 167 Å². The van der Waals surface area contributed by atoms with Gasteiger partial charge in [0.25, 0.3) is 11.3 Å². The molecule has 2 aromatic carbocycles. The Bertz CT molecular complexity index is 1200. The maximum absolute atomic E-state index is 12.9. The molecule has 2 heterocycles. The van der Waals surface area contributed by atoms with Crippen molar-refractivity contribution >= 4 is 23.1 Å². The topological polar surface area (TPSA) is 75.1 Å². The number of H-pyrrole nitrogens is 1. The monoisotopic (exact) mass is 393 g/mol.